The molecular weight excluding hydrogens is 312 g/mol. The summed E-state index contributed by atoms with van der Waals surface area (Å²) in [5.41, 5.74) is 5.87. The summed E-state index contributed by atoms with van der Waals surface area (Å²) < 4.78 is 0.691. The summed E-state index contributed by atoms with van der Waals surface area (Å²) in [6.45, 7) is 0.243. The Hall–Kier alpha value is -0.650. The zero-order chi connectivity index (χ0) is 12.3. The molecule has 0 heterocycles. The first kappa shape index (κ1) is 13.4. The summed E-state index contributed by atoms with van der Waals surface area (Å²) in [4.78, 5) is 13.7. The van der Waals surface area contributed by atoms with Gasteiger partial charge in [0.1, 0.15) is 0 Å². The number of halogens is 2. The Morgan fingerprint density at radius 1 is 1.62 bits per heavy atom. The van der Waals surface area contributed by atoms with E-state index in [9.17, 15) is 4.79 Å². The molecule has 0 bridgehead atoms. The number of thiocarbonyl (C=S) groups is 1. The van der Waals surface area contributed by atoms with Crippen LogP contribution in [0.2, 0.25) is 5.02 Å². The van der Waals surface area contributed by atoms with Crippen molar-refractivity contribution in [2.45, 2.75) is 0 Å². The van der Waals surface area contributed by atoms with E-state index in [0.29, 0.717) is 15.1 Å². The van der Waals surface area contributed by atoms with Gasteiger partial charge in [-0.05, 0) is 34.1 Å². The van der Waals surface area contributed by atoms with Gasteiger partial charge in [0.05, 0.1) is 17.1 Å². The van der Waals surface area contributed by atoms with Crippen molar-refractivity contribution in [1.82, 2.24) is 4.90 Å². The fourth-order valence-corrected chi connectivity index (χ4v) is 1.95. The number of carbonyl (C=O) groups is 1. The van der Waals surface area contributed by atoms with Gasteiger partial charge in [-0.25, -0.2) is 0 Å². The van der Waals surface area contributed by atoms with Crippen LogP contribution in [0.3, 0.4) is 0 Å². The van der Waals surface area contributed by atoms with E-state index in [-0.39, 0.29) is 17.4 Å². The van der Waals surface area contributed by atoms with E-state index in [4.69, 9.17) is 29.6 Å². The fourth-order valence-electron chi connectivity index (χ4n) is 1.17. The van der Waals surface area contributed by atoms with Gasteiger partial charge in [-0.3, -0.25) is 4.79 Å². The third-order valence-corrected chi connectivity index (χ3v) is 2.95. The Kier molecular flexibility index (Phi) is 4.70. The quantitative estimate of drug-likeness (QED) is 0.870. The fraction of sp³-hybridized carbons (Fsp3) is 0.200. The summed E-state index contributed by atoms with van der Waals surface area (Å²) in [6, 6.07) is 5.03. The molecule has 16 heavy (non-hydrogen) atoms. The molecule has 0 saturated carbocycles. The first-order valence-electron chi connectivity index (χ1n) is 4.40. The number of benzene rings is 1. The summed E-state index contributed by atoms with van der Waals surface area (Å²) in [6.07, 6.45) is 0. The van der Waals surface area contributed by atoms with E-state index >= 15 is 0 Å². The number of amides is 1. The zero-order valence-corrected chi connectivity index (χ0v) is 11.7. The third kappa shape index (κ3) is 3.43. The second kappa shape index (κ2) is 5.61. The van der Waals surface area contributed by atoms with E-state index in [1.165, 1.54) is 4.90 Å². The van der Waals surface area contributed by atoms with E-state index in [0.717, 1.165) is 0 Å². The SMILES string of the molecule is CN(CC(N)=S)C(=O)c1cc(Cl)ccc1Br. The van der Waals surface area contributed by atoms with Crippen LogP contribution in [0.25, 0.3) is 0 Å². The maximum absolute atomic E-state index is 12.0. The highest BCUT2D eigenvalue weighted by atomic mass is 79.9. The smallest absolute Gasteiger partial charge is 0.255 e. The van der Waals surface area contributed by atoms with E-state index in [1.54, 1.807) is 25.2 Å². The largest absolute Gasteiger partial charge is 0.392 e. The van der Waals surface area contributed by atoms with Crippen LogP contribution in [-0.4, -0.2) is 29.4 Å². The van der Waals surface area contributed by atoms with Gasteiger partial charge in [0, 0.05) is 16.5 Å². The van der Waals surface area contributed by atoms with Gasteiger partial charge in [0.15, 0.2) is 0 Å². The van der Waals surface area contributed by atoms with Crippen molar-refractivity contribution in [2.24, 2.45) is 5.73 Å². The van der Waals surface area contributed by atoms with Crippen molar-refractivity contribution < 1.29 is 4.79 Å². The molecular formula is C10H10BrClN2OS. The van der Waals surface area contributed by atoms with E-state index < -0.39 is 0 Å². The van der Waals surface area contributed by atoms with Crippen molar-refractivity contribution in [3.05, 3.63) is 33.3 Å². The van der Waals surface area contributed by atoms with Gasteiger partial charge >= 0.3 is 0 Å². The molecule has 0 aromatic heterocycles. The third-order valence-electron chi connectivity index (χ3n) is 1.90. The Bertz CT molecular complexity index is 439. The zero-order valence-electron chi connectivity index (χ0n) is 8.54. The first-order chi connectivity index (χ1) is 7.41. The summed E-state index contributed by atoms with van der Waals surface area (Å²) >= 11 is 13.9. The molecule has 0 aliphatic carbocycles. The monoisotopic (exact) mass is 320 g/mol. The molecule has 0 aliphatic heterocycles. The standard InChI is InChI=1S/C10H10BrClN2OS/c1-14(5-9(13)16)10(15)7-4-6(12)2-3-8(7)11/h2-4H,5H2,1H3,(H2,13,16). The molecule has 0 radical (unpaired) electrons. The highest BCUT2D eigenvalue weighted by Crippen LogP contribution is 2.22. The van der Waals surface area contributed by atoms with Crippen LogP contribution in [0.4, 0.5) is 0 Å². The van der Waals surface area contributed by atoms with Crippen LogP contribution in [0, 0.1) is 0 Å². The first-order valence-corrected chi connectivity index (χ1v) is 5.98. The lowest BCUT2D eigenvalue weighted by Crippen LogP contribution is -2.34. The highest BCUT2D eigenvalue weighted by Gasteiger charge is 2.15. The minimum Gasteiger partial charge on any atom is -0.392 e. The highest BCUT2D eigenvalue weighted by molar-refractivity contribution is 9.10. The van der Waals surface area contributed by atoms with Gasteiger partial charge in [-0.1, -0.05) is 23.8 Å². The van der Waals surface area contributed by atoms with Crippen molar-refractivity contribution in [1.29, 1.82) is 0 Å². The Morgan fingerprint density at radius 2 is 2.25 bits per heavy atom. The van der Waals surface area contributed by atoms with Crippen LogP contribution < -0.4 is 5.73 Å². The number of nitrogens with zero attached hydrogens (tertiary/aromatic N) is 1. The number of carbonyl (C=O) groups excluding carboxylic acids is 1. The van der Waals surface area contributed by atoms with Crippen molar-refractivity contribution >= 4 is 50.6 Å². The Morgan fingerprint density at radius 3 is 2.81 bits per heavy atom. The molecule has 2 N–H and O–H groups in total. The molecule has 0 spiro atoms. The molecule has 1 aromatic carbocycles. The van der Waals surface area contributed by atoms with Crippen molar-refractivity contribution in [2.75, 3.05) is 13.6 Å². The maximum Gasteiger partial charge on any atom is 0.255 e. The molecule has 0 aliphatic rings. The lowest BCUT2D eigenvalue weighted by atomic mass is 10.2. The molecule has 1 rings (SSSR count). The predicted molar refractivity (Wildman–Crippen MR) is 72.9 cm³/mol. The molecule has 0 fully saturated rings. The minimum absolute atomic E-state index is 0.179. The van der Waals surface area contributed by atoms with Crippen LogP contribution >= 0.6 is 39.7 Å². The lowest BCUT2D eigenvalue weighted by molar-refractivity contribution is 0.0814. The van der Waals surface area contributed by atoms with Crippen molar-refractivity contribution in [3.8, 4) is 0 Å². The molecule has 1 amide bonds. The van der Waals surface area contributed by atoms with E-state index in [2.05, 4.69) is 15.9 Å². The summed E-state index contributed by atoms with van der Waals surface area (Å²) in [5, 5.41) is 0.510. The number of hydrogen-bond donors (Lipinski definition) is 1. The number of hydrogen-bond acceptors (Lipinski definition) is 2. The summed E-state index contributed by atoms with van der Waals surface area (Å²) in [5.74, 6) is -0.179. The molecule has 86 valence electrons. The van der Waals surface area contributed by atoms with Gasteiger partial charge in [-0.15, -0.1) is 0 Å². The number of rotatable bonds is 3. The van der Waals surface area contributed by atoms with Crippen LogP contribution in [-0.2, 0) is 0 Å². The average Bonchev–Trinajstić information content (AvgIpc) is 2.19. The van der Waals surface area contributed by atoms with Gasteiger partial charge in [0.2, 0.25) is 0 Å². The second-order valence-electron chi connectivity index (χ2n) is 3.25. The van der Waals surface area contributed by atoms with Crippen LogP contribution in [0.15, 0.2) is 22.7 Å². The topological polar surface area (TPSA) is 46.3 Å². The van der Waals surface area contributed by atoms with Crippen LogP contribution in [0.5, 0.6) is 0 Å². The Balaban J connectivity index is 2.95. The number of nitrogens with two attached hydrogens (primary N) is 1. The molecule has 3 nitrogen and oxygen atoms in total. The molecule has 0 saturated heterocycles. The average molecular weight is 322 g/mol. The second-order valence-corrected chi connectivity index (χ2v) is 5.07. The summed E-state index contributed by atoms with van der Waals surface area (Å²) in [7, 11) is 1.63. The molecule has 6 heteroatoms. The molecule has 0 atom stereocenters. The van der Waals surface area contributed by atoms with Crippen molar-refractivity contribution in [3.63, 3.8) is 0 Å². The maximum atomic E-state index is 12.0. The minimum atomic E-state index is -0.179. The van der Waals surface area contributed by atoms with Gasteiger partial charge in [-0.2, -0.15) is 0 Å². The molecule has 0 unspecified atom stereocenters. The normalized spacial score (nSPS) is 9.94. The van der Waals surface area contributed by atoms with Gasteiger partial charge < -0.3 is 10.6 Å². The molecule has 1 aromatic rings. The number of likely N-dealkylation sites (N-methyl/N-ethyl adjacent to an activating group) is 1. The van der Waals surface area contributed by atoms with Gasteiger partial charge in [0.25, 0.3) is 5.91 Å². The lowest BCUT2D eigenvalue weighted by Gasteiger charge is -2.17. The van der Waals surface area contributed by atoms with E-state index in [1.807, 2.05) is 0 Å². The van der Waals surface area contributed by atoms with Crippen LogP contribution in [0.1, 0.15) is 10.4 Å². The Labute approximate surface area is 113 Å². The predicted octanol–water partition coefficient (Wildman–Crippen LogP) is 2.46.